The minimum atomic E-state index is -0.157. The van der Waals surface area contributed by atoms with Crippen LogP contribution in [0.25, 0.3) is 0 Å². The molecule has 0 saturated heterocycles. The maximum atomic E-state index is 8.59. The van der Waals surface area contributed by atoms with E-state index < -0.39 is 0 Å². The molecular formula is C5H11NO2. The van der Waals surface area contributed by atoms with Gasteiger partial charge in [0.25, 0.3) is 5.95 Å². The lowest BCUT2D eigenvalue weighted by Crippen LogP contribution is -2.11. The summed E-state index contributed by atoms with van der Waals surface area (Å²) in [4.78, 5) is 0. The molecule has 0 aliphatic rings. The van der Waals surface area contributed by atoms with Gasteiger partial charge in [-0.1, -0.05) is 0 Å². The summed E-state index contributed by atoms with van der Waals surface area (Å²) in [6.45, 7) is 1.75. The smallest absolute Gasteiger partial charge is 0.273 e. The fourth-order valence-corrected chi connectivity index (χ4v) is 0.293. The predicted octanol–water partition coefficient (Wildman–Crippen LogP) is 0.379. The molecule has 0 fully saturated rings. The molecule has 0 radical (unpaired) electrons. The van der Waals surface area contributed by atoms with Gasteiger partial charge in [0.15, 0.2) is 0 Å². The molecule has 0 aromatic heterocycles. The minimum Gasteiger partial charge on any atom is -0.481 e. The van der Waals surface area contributed by atoms with Crippen LogP contribution in [0.15, 0.2) is 12.0 Å². The molecule has 0 unspecified atom stereocenters. The van der Waals surface area contributed by atoms with Gasteiger partial charge < -0.3 is 15.6 Å². The predicted molar refractivity (Wildman–Crippen MR) is 31.4 cm³/mol. The highest BCUT2D eigenvalue weighted by molar-refractivity contribution is 4.88. The Bertz CT molecular complexity index is 88.4. The van der Waals surface area contributed by atoms with Crippen molar-refractivity contribution >= 4 is 0 Å². The molecule has 0 saturated carbocycles. The van der Waals surface area contributed by atoms with Gasteiger partial charge in [0, 0.05) is 12.1 Å². The summed E-state index contributed by atoms with van der Waals surface area (Å²) in [6.07, 6.45) is 1.42. The van der Waals surface area contributed by atoms with Crippen molar-refractivity contribution in [2.75, 3.05) is 7.11 Å². The van der Waals surface area contributed by atoms with Crippen LogP contribution in [0.1, 0.15) is 6.92 Å². The number of hydrogen-bond acceptors (Lipinski definition) is 3. The van der Waals surface area contributed by atoms with E-state index in [0.29, 0.717) is 0 Å². The van der Waals surface area contributed by atoms with Gasteiger partial charge in [-0.3, -0.25) is 0 Å². The van der Waals surface area contributed by atoms with Gasteiger partial charge in [-0.15, -0.1) is 0 Å². The van der Waals surface area contributed by atoms with Crippen LogP contribution in [0.4, 0.5) is 0 Å². The Morgan fingerprint density at radius 2 is 2.38 bits per heavy atom. The Balaban J connectivity index is 3.56. The number of nitrogens with two attached hydrogens (primary N) is 1. The van der Waals surface area contributed by atoms with Gasteiger partial charge in [0.2, 0.25) is 0 Å². The highest BCUT2D eigenvalue weighted by Gasteiger charge is 1.90. The normalized spacial score (nSPS) is 15.6. The van der Waals surface area contributed by atoms with E-state index in [9.17, 15) is 0 Å². The molecular weight excluding hydrogens is 106 g/mol. The van der Waals surface area contributed by atoms with Crippen LogP contribution >= 0.6 is 0 Å². The molecule has 0 aliphatic carbocycles. The first kappa shape index (κ1) is 7.30. The molecule has 0 heterocycles. The third kappa shape index (κ3) is 3.49. The Labute approximate surface area is 48.8 Å². The van der Waals surface area contributed by atoms with Crippen LogP contribution in [-0.2, 0) is 4.74 Å². The van der Waals surface area contributed by atoms with E-state index in [4.69, 9.17) is 10.8 Å². The van der Waals surface area contributed by atoms with Crippen molar-refractivity contribution < 1.29 is 9.84 Å². The first-order valence-electron chi connectivity index (χ1n) is 2.37. The summed E-state index contributed by atoms with van der Waals surface area (Å²) in [5.41, 5.74) is 5.25. The fraction of sp³-hybridized carbons (Fsp3) is 0.600. The molecule has 0 amide bonds. The second-order valence-electron chi connectivity index (χ2n) is 1.57. The Kier molecular flexibility index (Phi) is 3.03. The number of ether oxygens (including phenoxy) is 1. The third-order valence-electron chi connectivity index (χ3n) is 0.615. The second kappa shape index (κ2) is 3.32. The zero-order valence-corrected chi connectivity index (χ0v) is 5.09. The number of methoxy groups -OCH3 is 1. The van der Waals surface area contributed by atoms with Crippen LogP contribution in [0.5, 0.6) is 0 Å². The van der Waals surface area contributed by atoms with Crippen LogP contribution < -0.4 is 5.73 Å². The van der Waals surface area contributed by atoms with E-state index in [0.717, 1.165) is 0 Å². The first-order chi connectivity index (χ1) is 3.66. The van der Waals surface area contributed by atoms with Gasteiger partial charge in [-0.25, -0.2) is 0 Å². The van der Waals surface area contributed by atoms with Gasteiger partial charge in [-0.2, -0.15) is 0 Å². The Morgan fingerprint density at radius 3 is 2.50 bits per heavy atom. The molecule has 0 bridgehead atoms. The topological polar surface area (TPSA) is 55.5 Å². The molecule has 8 heavy (non-hydrogen) atoms. The standard InChI is InChI=1S/C5H11NO2/c1-4(6)3-5(7)8-2/h3-4,7H,6H2,1-2H3/b5-3-/t4-/m1/s1. The summed E-state index contributed by atoms with van der Waals surface area (Å²) in [5.74, 6) is -0.125. The SMILES string of the molecule is CO/C(O)=C\[C@@H](C)N. The summed E-state index contributed by atoms with van der Waals surface area (Å²) < 4.78 is 4.40. The molecule has 0 aromatic rings. The van der Waals surface area contributed by atoms with Crippen molar-refractivity contribution in [2.45, 2.75) is 13.0 Å². The summed E-state index contributed by atoms with van der Waals surface area (Å²) >= 11 is 0. The van der Waals surface area contributed by atoms with E-state index in [-0.39, 0.29) is 12.0 Å². The molecule has 3 nitrogen and oxygen atoms in total. The minimum absolute atomic E-state index is 0.125. The second-order valence-corrected chi connectivity index (χ2v) is 1.57. The van der Waals surface area contributed by atoms with Crippen molar-refractivity contribution in [3.63, 3.8) is 0 Å². The Morgan fingerprint density at radius 1 is 1.88 bits per heavy atom. The summed E-state index contributed by atoms with van der Waals surface area (Å²) in [7, 11) is 1.38. The number of aliphatic hydroxyl groups excluding tert-OH is 1. The summed E-state index contributed by atoms with van der Waals surface area (Å²) in [5, 5.41) is 8.59. The van der Waals surface area contributed by atoms with Crippen LogP contribution in [-0.4, -0.2) is 18.3 Å². The highest BCUT2D eigenvalue weighted by atomic mass is 16.6. The average Bonchev–Trinajstić information content (AvgIpc) is 1.65. The summed E-state index contributed by atoms with van der Waals surface area (Å²) in [6, 6.07) is -0.157. The molecule has 0 aliphatic heterocycles. The maximum absolute atomic E-state index is 8.59. The van der Waals surface area contributed by atoms with E-state index in [1.54, 1.807) is 6.92 Å². The van der Waals surface area contributed by atoms with Crippen LogP contribution in [0, 0.1) is 0 Å². The molecule has 48 valence electrons. The molecule has 0 spiro atoms. The monoisotopic (exact) mass is 117 g/mol. The maximum Gasteiger partial charge on any atom is 0.273 e. The highest BCUT2D eigenvalue weighted by Crippen LogP contribution is 1.88. The van der Waals surface area contributed by atoms with Gasteiger partial charge in [-0.05, 0) is 6.92 Å². The van der Waals surface area contributed by atoms with Gasteiger partial charge >= 0.3 is 0 Å². The average molecular weight is 117 g/mol. The zero-order chi connectivity index (χ0) is 6.57. The molecule has 3 heteroatoms. The molecule has 3 N–H and O–H groups in total. The van der Waals surface area contributed by atoms with Crippen molar-refractivity contribution in [3.05, 3.63) is 12.0 Å². The van der Waals surface area contributed by atoms with Crippen molar-refractivity contribution in [2.24, 2.45) is 5.73 Å². The number of hydrogen-bond donors (Lipinski definition) is 2. The number of rotatable bonds is 2. The van der Waals surface area contributed by atoms with Crippen molar-refractivity contribution in [1.29, 1.82) is 0 Å². The van der Waals surface area contributed by atoms with E-state index in [1.165, 1.54) is 13.2 Å². The lowest BCUT2D eigenvalue weighted by Gasteiger charge is -1.97. The lowest BCUT2D eigenvalue weighted by molar-refractivity contribution is 0.134. The van der Waals surface area contributed by atoms with Gasteiger partial charge in [0.05, 0.1) is 7.11 Å². The van der Waals surface area contributed by atoms with Crippen molar-refractivity contribution in [3.8, 4) is 0 Å². The molecule has 0 aromatic carbocycles. The van der Waals surface area contributed by atoms with Crippen LogP contribution in [0.2, 0.25) is 0 Å². The first-order valence-corrected chi connectivity index (χ1v) is 2.37. The largest absolute Gasteiger partial charge is 0.481 e. The van der Waals surface area contributed by atoms with Gasteiger partial charge in [0.1, 0.15) is 0 Å². The molecule has 1 atom stereocenters. The number of aliphatic hydroxyl groups is 1. The van der Waals surface area contributed by atoms with Crippen molar-refractivity contribution in [1.82, 2.24) is 0 Å². The zero-order valence-electron chi connectivity index (χ0n) is 5.09. The van der Waals surface area contributed by atoms with E-state index in [2.05, 4.69) is 4.74 Å². The third-order valence-corrected chi connectivity index (χ3v) is 0.615. The fourth-order valence-electron chi connectivity index (χ4n) is 0.293. The quantitative estimate of drug-likeness (QED) is 0.514. The Hall–Kier alpha value is -0.700. The van der Waals surface area contributed by atoms with E-state index in [1.807, 2.05) is 0 Å². The lowest BCUT2D eigenvalue weighted by atomic mass is 10.4. The van der Waals surface area contributed by atoms with Crippen LogP contribution in [0.3, 0.4) is 0 Å². The van der Waals surface area contributed by atoms with E-state index >= 15 is 0 Å². The molecule has 0 rings (SSSR count).